The molecule has 0 fully saturated rings. The van der Waals surface area contributed by atoms with E-state index in [1.54, 1.807) is 7.11 Å². The van der Waals surface area contributed by atoms with Crippen molar-refractivity contribution in [1.29, 1.82) is 0 Å². The number of amides is 1. The summed E-state index contributed by atoms with van der Waals surface area (Å²) in [5.74, 6) is 0.571. The van der Waals surface area contributed by atoms with Gasteiger partial charge in [0, 0.05) is 19.1 Å². The largest absolute Gasteiger partial charge is 0.496 e. The Morgan fingerprint density at radius 1 is 1.19 bits per heavy atom. The van der Waals surface area contributed by atoms with Gasteiger partial charge in [0.1, 0.15) is 5.75 Å². The van der Waals surface area contributed by atoms with E-state index in [1.165, 1.54) is 11.1 Å². The number of nitrogens with zero attached hydrogens (tertiary/aromatic N) is 1. The molecule has 144 valence electrons. The molecule has 27 heavy (non-hydrogen) atoms. The molecule has 1 heterocycles. The van der Waals surface area contributed by atoms with Crippen molar-refractivity contribution in [2.45, 2.75) is 45.7 Å². The third kappa shape index (κ3) is 4.51. The topological polar surface area (TPSA) is 41.6 Å². The predicted octanol–water partition coefficient (Wildman–Crippen LogP) is 3.82. The van der Waals surface area contributed by atoms with Crippen molar-refractivity contribution in [3.63, 3.8) is 0 Å². The summed E-state index contributed by atoms with van der Waals surface area (Å²) >= 11 is 0. The number of carbonyl (C=O) groups is 1. The quantitative estimate of drug-likeness (QED) is 0.810. The number of aryl methyl sites for hydroxylation is 1. The van der Waals surface area contributed by atoms with Gasteiger partial charge in [0.25, 0.3) is 5.91 Å². The third-order valence-corrected chi connectivity index (χ3v) is 5.39. The summed E-state index contributed by atoms with van der Waals surface area (Å²) in [5.41, 5.74) is 4.57. The van der Waals surface area contributed by atoms with E-state index in [-0.39, 0.29) is 5.91 Å². The number of benzene rings is 2. The van der Waals surface area contributed by atoms with Gasteiger partial charge in [0.2, 0.25) is 0 Å². The van der Waals surface area contributed by atoms with Crippen LogP contribution in [0.5, 0.6) is 5.75 Å². The van der Waals surface area contributed by atoms with Crippen LogP contribution in [0.4, 0.5) is 0 Å². The van der Waals surface area contributed by atoms with E-state index in [2.05, 4.69) is 48.3 Å². The number of hydrogen-bond acceptors (Lipinski definition) is 3. The lowest BCUT2D eigenvalue weighted by Crippen LogP contribution is -2.47. The van der Waals surface area contributed by atoms with Crippen molar-refractivity contribution in [3.8, 4) is 5.75 Å². The molecule has 0 spiro atoms. The van der Waals surface area contributed by atoms with Crippen LogP contribution in [0.1, 0.15) is 47.3 Å². The molecule has 0 aliphatic carbocycles. The minimum Gasteiger partial charge on any atom is -0.496 e. The maximum absolute atomic E-state index is 12.8. The van der Waals surface area contributed by atoms with Crippen LogP contribution < -0.4 is 10.1 Å². The van der Waals surface area contributed by atoms with E-state index in [0.717, 1.165) is 37.9 Å². The van der Waals surface area contributed by atoms with Crippen LogP contribution in [0.25, 0.3) is 0 Å². The van der Waals surface area contributed by atoms with Crippen molar-refractivity contribution in [1.82, 2.24) is 10.2 Å². The van der Waals surface area contributed by atoms with Crippen LogP contribution in [0.3, 0.4) is 0 Å². The van der Waals surface area contributed by atoms with Gasteiger partial charge in [0.15, 0.2) is 0 Å². The van der Waals surface area contributed by atoms with Crippen LogP contribution in [-0.2, 0) is 19.4 Å². The predicted molar refractivity (Wildman–Crippen MR) is 109 cm³/mol. The molecule has 0 unspecified atom stereocenters. The summed E-state index contributed by atoms with van der Waals surface area (Å²) < 4.78 is 5.39. The Morgan fingerprint density at radius 2 is 1.96 bits per heavy atom. The number of nitrogens with one attached hydrogen (secondary N) is 1. The summed E-state index contributed by atoms with van der Waals surface area (Å²) in [6, 6.07) is 14.8. The summed E-state index contributed by atoms with van der Waals surface area (Å²) in [6.45, 7) is 6.94. The van der Waals surface area contributed by atoms with Crippen molar-refractivity contribution in [2.75, 3.05) is 20.2 Å². The first kappa shape index (κ1) is 19.4. The van der Waals surface area contributed by atoms with Crippen molar-refractivity contribution < 1.29 is 9.53 Å². The van der Waals surface area contributed by atoms with Gasteiger partial charge in [-0.25, -0.2) is 0 Å². The molecule has 1 aliphatic heterocycles. The number of rotatable bonds is 7. The molecule has 0 saturated carbocycles. The first-order chi connectivity index (χ1) is 13.2. The molecule has 2 aromatic carbocycles. The highest BCUT2D eigenvalue weighted by Gasteiger charge is 2.26. The molecule has 0 radical (unpaired) electrons. The monoisotopic (exact) mass is 366 g/mol. The first-order valence-electron chi connectivity index (χ1n) is 9.92. The van der Waals surface area contributed by atoms with E-state index in [9.17, 15) is 4.79 Å². The highest BCUT2D eigenvalue weighted by Crippen LogP contribution is 2.24. The second-order valence-electron chi connectivity index (χ2n) is 7.20. The Bertz CT molecular complexity index is 788. The minimum absolute atomic E-state index is 0.0579. The number of ether oxygens (including phenoxy) is 1. The number of methoxy groups -OCH3 is 1. The zero-order valence-corrected chi connectivity index (χ0v) is 16.6. The van der Waals surface area contributed by atoms with Crippen LogP contribution in [0.15, 0.2) is 42.5 Å². The van der Waals surface area contributed by atoms with Crippen molar-refractivity contribution in [3.05, 3.63) is 64.7 Å². The standard InChI is InChI=1S/C23H30N2O2/c1-4-12-25-16-19-9-7-6-8-18(19)14-20(25)15-24-23(26)21-13-17(5-2)10-11-22(21)27-3/h6-11,13,20H,4-5,12,14-16H2,1-3H3,(H,24,26)/t20-/m0/s1. The van der Waals surface area contributed by atoms with Crippen LogP contribution in [0.2, 0.25) is 0 Å². The Kier molecular flexibility index (Phi) is 6.51. The lowest BCUT2D eigenvalue weighted by molar-refractivity contribution is 0.0922. The second-order valence-corrected chi connectivity index (χ2v) is 7.20. The van der Waals surface area contributed by atoms with Crippen LogP contribution >= 0.6 is 0 Å². The van der Waals surface area contributed by atoms with Crippen LogP contribution in [-0.4, -0.2) is 37.0 Å². The lowest BCUT2D eigenvalue weighted by atomic mass is 9.93. The van der Waals surface area contributed by atoms with E-state index in [0.29, 0.717) is 23.9 Å². The van der Waals surface area contributed by atoms with Crippen molar-refractivity contribution >= 4 is 5.91 Å². The van der Waals surface area contributed by atoms with Gasteiger partial charge in [-0.2, -0.15) is 0 Å². The van der Waals surface area contributed by atoms with Crippen molar-refractivity contribution in [2.24, 2.45) is 0 Å². The van der Waals surface area contributed by atoms with Gasteiger partial charge in [0.05, 0.1) is 12.7 Å². The van der Waals surface area contributed by atoms with Gasteiger partial charge >= 0.3 is 0 Å². The zero-order valence-electron chi connectivity index (χ0n) is 16.6. The molecule has 3 rings (SSSR count). The second kappa shape index (κ2) is 9.05. The molecule has 1 N–H and O–H groups in total. The average Bonchev–Trinajstić information content (AvgIpc) is 2.71. The fourth-order valence-corrected chi connectivity index (χ4v) is 3.85. The number of hydrogen-bond donors (Lipinski definition) is 1. The fraction of sp³-hybridized carbons (Fsp3) is 0.435. The van der Waals surface area contributed by atoms with Gasteiger partial charge in [-0.1, -0.05) is 44.2 Å². The Balaban J connectivity index is 1.72. The average molecular weight is 367 g/mol. The maximum Gasteiger partial charge on any atom is 0.255 e. The van der Waals surface area contributed by atoms with E-state index < -0.39 is 0 Å². The molecule has 4 nitrogen and oxygen atoms in total. The SMILES string of the molecule is CCCN1Cc2ccccc2C[C@H]1CNC(=O)c1cc(CC)ccc1OC. The summed E-state index contributed by atoms with van der Waals surface area (Å²) in [7, 11) is 1.61. The molecular formula is C23H30N2O2. The molecule has 2 aromatic rings. The third-order valence-electron chi connectivity index (χ3n) is 5.39. The maximum atomic E-state index is 12.8. The summed E-state index contributed by atoms with van der Waals surface area (Å²) in [4.78, 5) is 15.3. The van der Waals surface area contributed by atoms with Gasteiger partial charge in [-0.05, 0) is 54.6 Å². The molecule has 4 heteroatoms. The minimum atomic E-state index is -0.0579. The zero-order chi connectivity index (χ0) is 19.2. The lowest BCUT2D eigenvalue weighted by Gasteiger charge is -2.37. The molecule has 1 aliphatic rings. The Hall–Kier alpha value is -2.33. The van der Waals surface area contributed by atoms with Gasteiger partial charge < -0.3 is 10.1 Å². The highest BCUT2D eigenvalue weighted by atomic mass is 16.5. The highest BCUT2D eigenvalue weighted by molar-refractivity contribution is 5.97. The van der Waals surface area contributed by atoms with Gasteiger partial charge in [-0.3, -0.25) is 9.69 Å². The Morgan fingerprint density at radius 3 is 2.67 bits per heavy atom. The number of fused-ring (bicyclic) bond motifs is 1. The molecule has 0 bridgehead atoms. The summed E-state index contributed by atoms with van der Waals surface area (Å²) in [5, 5.41) is 3.15. The molecular weight excluding hydrogens is 336 g/mol. The summed E-state index contributed by atoms with van der Waals surface area (Å²) in [6.07, 6.45) is 2.98. The molecule has 0 aromatic heterocycles. The van der Waals surface area contributed by atoms with Gasteiger partial charge in [-0.15, -0.1) is 0 Å². The molecule has 1 amide bonds. The normalized spacial score (nSPS) is 16.6. The van der Waals surface area contributed by atoms with E-state index in [1.807, 2.05) is 18.2 Å². The van der Waals surface area contributed by atoms with E-state index in [4.69, 9.17) is 4.74 Å². The fourth-order valence-electron chi connectivity index (χ4n) is 3.85. The smallest absolute Gasteiger partial charge is 0.255 e. The van der Waals surface area contributed by atoms with E-state index >= 15 is 0 Å². The van der Waals surface area contributed by atoms with Crippen LogP contribution in [0, 0.1) is 0 Å². The Labute approximate surface area is 162 Å². The first-order valence-corrected chi connectivity index (χ1v) is 9.92. The molecule has 1 atom stereocenters. The number of carbonyl (C=O) groups excluding carboxylic acids is 1. The molecule has 0 saturated heterocycles.